The first-order chi connectivity index (χ1) is 7.55. The second-order valence-corrected chi connectivity index (χ2v) is 5.65. The number of thioether (sulfide) groups is 1. The third-order valence-electron chi connectivity index (χ3n) is 2.35. The van der Waals surface area contributed by atoms with Gasteiger partial charge >= 0.3 is 0 Å². The van der Waals surface area contributed by atoms with Gasteiger partial charge in [-0.3, -0.25) is 9.98 Å². The van der Waals surface area contributed by atoms with E-state index in [4.69, 9.17) is 0 Å². The normalized spacial score (nSPS) is 21.1. The fraction of sp³-hybridized carbons (Fsp3) is 0.500. The van der Waals surface area contributed by atoms with E-state index in [1.807, 2.05) is 25.1 Å². The Hall–Kier alpha value is -1.03. The van der Waals surface area contributed by atoms with Crippen molar-refractivity contribution in [1.29, 1.82) is 0 Å². The van der Waals surface area contributed by atoms with E-state index in [1.165, 1.54) is 0 Å². The molecule has 0 bridgehead atoms. The Morgan fingerprint density at radius 2 is 2.31 bits per heavy atom. The number of amidine groups is 1. The average molecular weight is 235 g/mol. The van der Waals surface area contributed by atoms with Gasteiger partial charge in [0, 0.05) is 17.0 Å². The number of nitrogens with one attached hydrogen (secondary N) is 1. The number of aromatic nitrogens is 1. The summed E-state index contributed by atoms with van der Waals surface area (Å²) in [5.74, 6) is 1.08. The monoisotopic (exact) mass is 235 g/mol. The molecular formula is C12H17N3S. The van der Waals surface area contributed by atoms with E-state index < -0.39 is 0 Å². The molecule has 4 heteroatoms. The molecule has 3 nitrogen and oxygen atoms in total. The summed E-state index contributed by atoms with van der Waals surface area (Å²) in [6.45, 7) is 7.04. The van der Waals surface area contributed by atoms with Crippen molar-refractivity contribution in [3.8, 4) is 0 Å². The van der Waals surface area contributed by atoms with Crippen LogP contribution in [0.15, 0.2) is 23.2 Å². The first-order valence-electron chi connectivity index (χ1n) is 5.43. The highest BCUT2D eigenvalue weighted by Gasteiger charge is 2.26. The molecule has 0 spiro atoms. The van der Waals surface area contributed by atoms with Crippen LogP contribution in [0.4, 0.5) is 0 Å². The van der Waals surface area contributed by atoms with E-state index in [-0.39, 0.29) is 5.54 Å². The van der Waals surface area contributed by atoms with Crippen molar-refractivity contribution in [3.05, 3.63) is 29.6 Å². The number of pyridine rings is 1. The van der Waals surface area contributed by atoms with Gasteiger partial charge in [0.2, 0.25) is 0 Å². The Labute approximate surface area is 101 Å². The Morgan fingerprint density at radius 1 is 1.50 bits per heavy atom. The van der Waals surface area contributed by atoms with Crippen LogP contribution in [0, 0.1) is 6.92 Å². The maximum absolute atomic E-state index is 4.54. The van der Waals surface area contributed by atoms with Crippen LogP contribution in [0.3, 0.4) is 0 Å². The van der Waals surface area contributed by atoms with Crippen LogP contribution in [0.5, 0.6) is 0 Å². The van der Waals surface area contributed by atoms with Gasteiger partial charge in [-0.1, -0.05) is 17.8 Å². The predicted molar refractivity (Wildman–Crippen MR) is 69.8 cm³/mol. The zero-order valence-corrected chi connectivity index (χ0v) is 10.8. The van der Waals surface area contributed by atoms with Crippen LogP contribution < -0.4 is 5.32 Å². The molecular weight excluding hydrogens is 218 g/mol. The molecule has 1 aromatic heterocycles. The summed E-state index contributed by atoms with van der Waals surface area (Å²) in [7, 11) is 0. The smallest absolute Gasteiger partial charge is 0.157 e. The maximum Gasteiger partial charge on any atom is 0.157 e. The summed E-state index contributed by atoms with van der Waals surface area (Å²) in [4.78, 5) is 8.96. The van der Waals surface area contributed by atoms with Crippen LogP contribution in [-0.4, -0.2) is 21.4 Å². The summed E-state index contributed by atoms with van der Waals surface area (Å²) in [5.41, 5.74) is 2.24. The topological polar surface area (TPSA) is 37.3 Å². The van der Waals surface area contributed by atoms with Gasteiger partial charge in [-0.2, -0.15) is 0 Å². The minimum atomic E-state index is 0.170. The SMILES string of the molecule is Cc1cccc(CN=C2NC(C)(C)CS2)n1. The molecule has 0 unspecified atom stereocenters. The quantitative estimate of drug-likeness (QED) is 0.855. The van der Waals surface area contributed by atoms with Crippen LogP contribution in [0.1, 0.15) is 25.2 Å². The lowest BCUT2D eigenvalue weighted by molar-refractivity contribution is 0.536. The van der Waals surface area contributed by atoms with Crippen molar-refractivity contribution in [1.82, 2.24) is 10.3 Å². The van der Waals surface area contributed by atoms with Gasteiger partial charge in [-0.15, -0.1) is 0 Å². The lowest BCUT2D eigenvalue weighted by Crippen LogP contribution is -2.36. The molecule has 0 aliphatic carbocycles. The van der Waals surface area contributed by atoms with Gasteiger partial charge in [0.25, 0.3) is 0 Å². The highest BCUT2D eigenvalue weighted by Crippen LogP contribution is 2.22. The standard InChI is InChI=1S/C12H17N3S/c1-9-5-4-6-10(14-9)7-13-11-15-12(2,3)8-16-11/h4-6H,7-8H2,1-3H3,(H,13,15). The van der Waals surface area contributed by atoms with Crippen LogP contribution in [-0.2, 0) is 6.54 Å². The number of aliphatic imine (C=N–C) groups is 1. The largest absolute Gasteiger partial charge is 0.359 e. The van der Waals surface area contributed by atoms with Gasteiger partial charge in [-0.25, -0.2) is 0 Å². The fourth-order valence-electron chi connectivity index (χ4n) is 1.54. The molecule has 2 rings (SSSR count). The van der Waals surface area contributed by atoms with Crippen LogP contribution >= 0.6 is 11.8 Å². The molecule has 1 aromatic rings. The molecule has 0 radical (unpaired) electrons. The number of rotatable bonds is 2. The number of nitrogens with zero attached hydrogens (tertiary/aromatic N) is 2. The van der Waals surface area contributed by atoms with E-state index in [9.17, 15) is 0 Å². The zero-order chi connectivity index (χ0) is 11.6. The highest BCUT2D eigenvalue weighted by molar-refractivity contribution is 8.14. The molecule has 0 atom stereocenters. The molecule has 2 heterocycles. The molecule has 0 amide bonds. The molecule has 1 fully saturated rings. The van der Waals surface area contributed by atoms with Crippen molar-refractivity contribution >= 4 is 16.9 Å². The minimum Gasteiger partial charge on any atom is -0.359 e. The number of hydrogen-bond acceptors (Lipinski definition) is 3. The molecule has 86 valence electrons. The molecule has 0 saturated carbocycles. The molecule has 1 saturated heterocycles. The molecule has 1 aliphatic heterocycles. The lowest BCUT2D eigenvalue weighted by Gasteiger charge is -2.15. The molecule has 1 aliphatic rings. The maximum atomic E-state index is 4.54. The summed E-state index contributed by atoms with van der Waals surface area (Å²) >= 11 is 1.78. The number of aryl methyl sites for hydroxylation is 1. The van der Waals surface area contributed by atoms with Gasteiger partial charge in [0.05, 0.1) is 12.2 Å². The minimum absolute atomic E-state index is 0.170. The van der Waals surface area contributed by atoms with Crippen molar-refractivity contribution in [2.75, 3.05) is 5.75 Å². The Bertz CT molecular complexity index is 412. The third kappa shape index (κ3) is 2.98. The Morgan fingerprint density at radius 3 is 2.94 bits per heavy atom. The van der Waals surface area contributed by atoms with Gasteiger partial charge in [0.15, 0.2) is 5.17 Å². The van der Waals surface area contributed by atoms with E-state index in [1.54, 1.807) is 11.8 Å². The Balaban J connectivity index is 2.00. The van der Waals surface area contributed by atoms with Gasteiger partial charge < -0.3 is 5.32 Å². The van der Waals surface area contributed by atoms with Crippen molar-refractivity contribution in [2.45, 2.75) is 32.9 Å². The van der Waals surface area contributed by atoms with E-state index in [2.05, 4.69) is 29.1 Å². The second kappa shape index (κ2) is 4.45. The van der Waals surface area contributed by atoms with Gasteiger partial charge in [0.1, 0.15) is 0 Å². The van der Waals surface area contributed by atoms with Crippen molar-refractivity contribution < 1.29 is 0 Å². The van der Waals surface area contributed by atoms with Crippen LogP contribution in [0.25, 0.3) is 0 Å². The predicted octanol–water partition coefficient (Wildman–Crippen LogP) is 2.36. The summed E-state index contributed by atoms with van der Waals surface area (Å²) < 4.78 is 0. The van der Waals surface area contributed by atoms with Gasteiger partial charge in [-0.05, 0) is 32.9 Å². The first-order valence-corrected chi connectivity index (χ1v) is 6.42. The van der Waals surface area contributed by atoms with Crippen molar-refractivity contribution in [2.24, 2.45) is 4.99 Å². The van der Waals surface area contributed by atoms with Crippen LogP contribution in [0.2, 0.25) is 0 Å². The Kier molecular flexibility index (Phi) is 3.19. The summed E-state index contributed by atoms with van der Waals surface area (Å²) in [6.07, 6.45) is 0. The average Bonchev–Trinajstić information content (AvgIpc) is 2.56. The van der Waals surface area contributed by atoms with Crippen molar-refractivity contribution in [3.63, 3.8) is 0 Å². The third-order valence-corrected chi connectivity index (χ3v) is 3.72. The lowest BCUT2D eigenvalue weighted by atomic mass is 10.1. The molecule has 1 N–H and O–H groups in total. The van der Waals surface area contributed by atoms with E-state index >= 15 is 0 Å². The fourth-order valence-corrected chi connectivity index (χ4v) is 2.61. The highest BCUT2D eigenvalue weighted by atomic mass is 32.2. The summed E-state index contributed by atoms with van der Waals surface area (Å²) in [6, 6.07) is 6.04. The summed E-state index contributed by atoms with van der Waals surface area (Å²) in [5, 5.41) is 4.44. The zero-order valence-electron chi connectivity index (χ0n) is 9.95. The number of hydrogen-bond donors (Lipinski definition) is 1. The second-order valence-electron chi connectivity index (χ2n) is 4.69. The van der Waals surface area contributed by atoms with E-state index in [0.29, 0.717) is 6.54 Å². The van der Waals surface area contributed by atoms with E-state index in [0.717, 1.165) is 22.3 Å². The molecule has 16 heavy (non-hydrogen) atoms. The molecule has 0 aromatic carbocycles. The first kappa shape index (κ1) is 11.5.